The van der Waals surface area contributed by atoms with Crippen LogP contribution in [0.1, 0.15) is 31.0 Å². The highest BCUT2D eigenvalue weighted by molar-refractivity contribution is 7.99. The summed E-state index contributed by atoms with van der Waals surface area (Å²) in [6.45, 7) is 2.93. The van der Waals surface area contributed by atoms with E-state index in [1.807, 2.05) is 22.9 Å². The maximum absolute atomic E-state index is 5.24. The van der Waals surface area contributed by atoms with Crippen LogP contribution in [0.3, 0.4) is 0 Å². The summed E-state index contributed by atoms with van der Waals surface area (Å²) >= 11 is 1.72. The van der Waals surface area contributed by atoms with Crippen LogP contribution in [0.2, 0.25) is 0 Å². The quantitative estimate of drug-likeness (QED) is 0.581. The first-order valence-corrected chi connectivity index (χ1v) is 9.40. The molecule has 4 nitrogen and oxygen atoms in total. The second-order valence-corrected chi connectivity index (χ2v) is 6.93. The van der Waals surface area contributed by atoms with Crippen LogP contribution in [0.15, 0.2) is 64.5 Å². The topological polar surface area (TPSA) is 39.9 Å². The molecular weight excluding hydrogens is 330 g/mol. The van der Waals surface area contributed by atoms with E-state index in [4.69, 9.17) is 4.74 Å². The number of rotatable bonds is 8. The number of methoxy groups -OCH3 is 1. The molecule has 25 heavy (non-hydrogen) atoms. The van der Waals surface area contributed by atoms with E-state index in [0.717, 1.165) is 47.2 Å². The number of benzene rings is 2. The SMILES string of the molecule is CCCCc1nnn(Cc2ccccc2)c1Sc1ccc(OC)cc1. The van der Waals surface area contributed by atoms with E-state index in [-0.39, 0.29) is 0 Å². The Hall–Kier alpha value is -2.27. The van der Waals surface area contributed by atoms with Gasteiger partial charge in [-0.2, -0.15) is 0 Å². The second-order valence-electron chi connectivity index (χ2n) is 5.87. The number of aryl methyl sites for hydroxylation is 1. The van der Waals surface area contributed by atoms with Gasteiger partial charge in [0.05, 0.1) is 19.3 Å². The Kier molecular flexibility index (Phi) is 6.12. The fourth-order valence-corrected chi connectivity index (χ4v) is 3.53. The van der Waals surface area contributed by atoms with Crippen LogP contribution in [0, 0.1) is 0 Å². The lowest BCUT2D eigenvalue weighted by Gasteiger charge is -2.09. The predicted molar refractivity (Wildman–Crippen MR) is 101 cm³/mol. The number of ether oxygens (including phenoxy) is 1. The van der Waals surface area contributed by atoms with E-state index in [1.54, 1.807) is 18.9 Å². The van der Waals surface area contributed by atoms with E-state index >= 15 is 0 Å². The minimum absolute atomic E-state index is 0.735. The Morgan fingerprint density at radius 2 is 1.80 bits per heavy atom. The molecule has 2 aromatic carbocycles. The molecule has 0 fully saturated rings. The third kappa shape index (κ3) is 4.63. The zero-order valence-electron chi connectivity index (χ0n) is 14.7. The van der Waals surface area contributed by atoms with Crippen molar-refractivity contribution in [2.45, 2.75) is 42.7 Å². The van der Waals surface area contributed by atoms with Crippen LogP contribution in [0.5, 0.6) is 5.75 Å². The molecular formula is C20H23N3OS. The third-order valence-electron chi connectivity index (χ3n) is 3.97. The molecule has 130 valence electrons. The van der Waals surface area contributed by atoms with Crippen LogP contribution >= 0.6 is 11.8 Å². The number of hydrogen-bond donors (Lipinski definition) is 0. The molecule has 0 N–H and O–H groups in total. The zero-order valence-corrected chi connectivity index (χ0v) is 15.5. The second kappa shape index (κ2) is 8.72. The number of hydrogen-bond acceptors (Lipinski definition) is 4. The molecule has 0 unspecified atom stereocenters. The van der Waals surface area contributed by atoms with Gasteiger partial charge in [0.2, 0.25) is 0 Å². The van der Waals surface area contributed by atoms with Crippen molar-refractivity contribution in [3.63, 3.8) is 0 Å². The monoisotopic (exact) mass is 353 g/mol. The summed E-state index contributed by atoms with van der Waals surface area (Å²) in [7, 11) is 1.68. The van der Waals surface area contributed by atoms with Gasteiger partial charge in [-0.15, -0.1) is 5.10 Å². The van der Waals surface area contributed by atoms with Gasteiger partial charge in [-0.1, -0.05) is 60.7 Å². The minimum atomic E-state index is 0.735. The highest BCUT2D eigenvalue weighted by atomic mass is 32.2. The van der Waals surface area contributed by atoms with Crippen LogP contribution in [0.4, 0.5) is 0 Å². The molecule has 0 spiro atoms. The molecule has 0 aliphatic rings. The van der Waals surface area contributed by atoms with Crippen molar-refractivity contribution in [1.82, 2.24) is 15.0 Å². The van der Waals surface area contributed by atoms with Crippen LogP contribution in [0.25, 0.3) is 0 Å². The molecule has 0 aliphatic carbocycles. The van der Waals surface area contributed by atoms with Crippen molar-refractivity contribution in [2.75, 3.05) is 7.11 Å². The lowest BCUT2D eigenvalue weighted by molar-refractivity contribution is 0.414. The first kappa shape index (κ1) is 17.5. The van der Waals surface area contributed by atoms with Crippen molar-refractivity contribution < 1.29 is 4.74 Å². The Balaban J connectivity index is 1.86. The lowest BCUT2D eigenvalue weighted by atomic mass is 10.2. The van der Waals surface area contributed by atoms with E-state index in [2.05, 4.69) is 53.6 Å². The fourth-order valence-electron chi connectivity index (χ4n) is 2.57. The predicted octanol–water partition coefficient (Wildman–Crippen LogP) is 4.83. The molecule has 0 amide bonds. The molecule has 0 aliphatic heterocycles. The number of nitrogens with zero attached hydrogens (tertiary/aromatic N) is 3. The van der Waals surface area contributed by atoms with Crippen molar-refractivity contribution in [3.05, 3.63) is 65.9 Å². The summed E-state index contributed by atoms with van der Waals surface area (Å²) in [5.74, 6) is 0.867. The van der Waals surface area contributed by atoms with Crippen molar-refractivity contribution >= 4 is 11.8 Å². The first-order chi connectivity index (χ1) is 12.3. The van der Waals surface area contributed by atoms with E-state index in [9.17, 15) is 0 Å². The number of aromatic nitrogens is 3. The Morgan fingerprint density at radius 3 is 2.48 bits per heavy atom. The summed E-state index contributed by atoms with van der Waals surface area (Å²) < 4.78 is 7.25. The summed E-state index contributed by atoms with van der Waals surface area (Å²) in [6, 6.07) is 18.5. The highest BCUT2D eigenvalue weighted by Crippen LogP contribution is 2.31. The van der Waals surface area contributed by atoms with Gasteiger partial charge < -0.3 is 4.74 Å². The van der Waals surface area contributed by atoms with Gasteiger partial charge in [-0.25, -0.2) is 4.68 Å². The van der Waals surface area contributed by atoms with Gasteiger partial charge in [0.1, 0.15) is 10.8 Å². The highest BCUT2D eigenvalue weighted by Gasteiger charge is 2.14. The maximum Gasteiger partial charge on any atom is 0.123 e. The van der Waals surface area contributed by atoms with Gasteiger partial charge >= 0.3 is 0 Å². The zero-order chi connectivity index (χ0) is 17.5. The summed E-state index contributed by atoms with van der Waals surface area (Å²) in [5.41, 5.74) is 2.31. The van der Waals surface area contributed by atoms with Crippen molar-refractivity contribution in [3.8, 4) is 5.75 Å². The van der Waals surface area contributed by atoms with Crippen LogP contribution in [-0.4, -0.2) is 22.1 Å². The van der Waals surface area contributed by atoms with E-state index in [1.165, 1.54) is 5.56 Å². The summed E-state index contributed by atoms with van der Waals surface area (Å²) in [5, 5.41) is 9.99. The van der Waals surface area contributed by atoms with Gasteiger partial charge in [0.25, 0.3) is 0 Å². The molecule has 3 aromatic rings. The minimum Gasteiger partial charge on any atom is -0.497 e. The fraction of sp³-hybridized carbons (Fsp3) is 0.300. The largest absolute Gasteiger partial charge is 0.497 e. The number of unbranched alkanes of at least 4 members (excludes halogenated alkanes) is 1. The van der Waals surface area contributed by atoms with Gasteiger partial charge in [-0.3, -0.25) is 0 Å². The summed E-state index contributed by atoms with van der Waals surface area (Å²) in [6.07, 6.45) is 3.24. The summed E-state index contributed by atoms with van der Waals surface area (Å²) in [4.78, 5) is 1.16. The van der Waals surface area contributed by atoms with Crippen molar-refractivity contribution in [2.24, 2.45) is 0 Å². The van der Waals surface area contributed by atoms with Gasteiger partial charge in [0.15, 0.2) is 0 Å². The average Bonchev–Trinajstić information content (AvgIpc) is 3.03. The standard InChI is InChI=1S/C20H23N3OS/c1-3-4-10-19-20(25-18-13-11-17(24-2)12-14-18)23(22-21-19)15-16-8-6-5-7-9-16/h5-9,11-14H,3-4,10,15H2,1-2H3. The Labute approximate surface area is 153 Å². The molecule has 0 atom stereocenters. The molecule has 5 heteroatoms. The molecule has 0 radical (unpaired) electrons. The molecule has 0 bridgehead atoms. The Morgan fingerprint density at radius 1 is 1.04 bits per heavy atom. The maximum atomic E-state index is 5.24. The molecule has 1 heterocycles. The first-order valence-electron chi connectivity index (χ1n) is 8.58. The van der Waals surface area contributed by atoms with E-state index < -0.39 is 0 Å². The smallest absolute Gasteiger partial charge is 0.123 e. The third-order valence-corrected chi connectivity index (χ3v) is 5.12. The van der Waals surface area contributed by atoms with Crippen molar-refractivity contribution in [1.29, 1.82) is 0 Å². The lowest BCUT2D eigenvalue weighted by Crippen LogP contribution is -2.03. The normalized spacial score (nSPS) is 10.8. The molecule has 1 aromatic heterocycles. The molecule has 3 rings (SSSR count). The van der Waals surface area contributed by atoms with Crippen LogP contribution in [-0.2, 0) is 13.0 Å². The Bertz CT molecular complexity index is 784. The molecule has 0 saturated heterocycles. The van der Waals surface area contributed by atoms with Gasteiger partial charge in [-0.05, 0) is 42.7 Å². The average molecular weight is 353 g/mol. The van der Waals surface area contributed by atoms with E-state index in [0.29, 0.717) is 0 Å². The van der Waals surface area contributed by atoms with Gasteiger partial charge in [0, 0.05) is 4.90 Å². The molecule has 0 saturated carbocycles. The van der Waals surface area contributed by atoms with Crippen LogP contribution < -0.4 is 4.74 Å².